The van der Waals surface area contributed by atoms with Crippen molar-refractivity contribution in [1.82, 2.24) is 20.0 Å². The van der Waals surface area contributed by atoms with E-state index in [1.54, 1.807) is 28.1 Å². The minimum absolute atomic E-state index is 0.0785. The molecule has 2 aliphatic rings. The van der Waals surface area contributed by atoms with Crippen molar-refractivity contribution < 1.29 is 22.8 Å². The molecule has 0 aliphatic carbocycles. The van der Waals surface area contributed by atoms with E-state index in [2.05, 4.69) is 15.1 Å². The average molecular weight is 435 g/mol. The normalized spacial score (nSPS) is 19.6. The summed E-state index contributed by atoms with van der Waals surface area (Å²) in [6, 6.07) is 3.42. The predicted molar refractivity (Wildman–Crippen MR) is 109 cm³/mol. The number of anilines is 1. The number of nitrogens with zero attached hydrogens (tertiary/aromatic N) is 5. The number of amides is 1. The second-order valence-corrected chi connectivity index (χ2v) is 9.13. The Morgan fingerprint density at radius 2 is 2.00 bits per heavy atom. The van der Waals surface area contributed by atoms with E-state index in [-0.39, 0.29) is 31.5 Å². The number of halogens is 2. The lowest BCUT2D eigenvalue weighted by molar-refractivity contribution is 0.0201. The fourth-order valence-corrected chi connectivity index (χ4v) is 3.82. The number of ether oxygens (including phenoxy) is 1. The van der Waals surface area contributed by atoms with E-state index >= 15 is 0 Å². The summed E-state index contributed by atoms with van der Waals surface area (Å²) in [4.78, 5) is 24.2. The number of hydrogen-bond donors (Lipinski definition) is 0. The van der Waals surface area contributed by atoms with Crippen molar-refractivity contribution in [1.29, 1.82) is 0 Å². The van der Waals surface area contributed by atoms with Gasteiger partial charge in [0.25, 0.3) is 11.8 Å². The number of aromatic nitrogens is 3. The molecule has 0 saturated carbocycles. The molecule has 2 aliphatic heterocycles. The minimum Gasteiger partial charge on any atom is -0.444 e. The molecule has 0 atom stereocenters. The fourth-order valence-electron chi connectivity index (χ4n) is 3.82. The zero-order valence-corrected chi connectivity index (χ0v) is 18.0. The Hall–Kier alpha value is -2.78. The lowest BCUT2D eigenvalue weighted by Crippen LogP contribution is -2.41. The first-order valence-corrected chi connectivity index (χ1v) is 10.5. The molecule has 31 heavy (non-hydrogen) atoms. The Morgan fingerprint density at radius 3 is 2.65 bits per heavy atom. The Balaban J connectivity index is 1.39. The summed E-state index contributed by atoms with van der Waals surface area (Å²) >= 11 is 0. The van der Waals surface area contributed by atoms with Gasteiger partial charge in [0.15, 0.2) is 5.82 Å². The van der Waals surface area contributed by atoms with Gasteiger partial charge < -0.3 is 19.1 Å². The van der Waals surface area contributed by atoms with Crippen molar-refractivity contribution in [3.05, 3.63) is 24.2 Å². The van der Waals surface area contributed by atoms with Gasteiger partial charge in [0.2, 0.25) is 0 Å². The van der Waals surface area contributed by atoms with Crippen LogP contribution in [0.25, 0.3) is 11.5 Å². The van der Waals surface area contributed by atoms with Crippen LogP contribution >= 0.6 is 0 Å². The summed E-state index contributed by atoms with van der Waals surface area (Å²) in [5.74, 6) is -1.22. The molecular formula is C21H27F2N5O3. The van der Waals surface area contributed by atoms with E-state index in [0.717, 1.165) is 0 Å². The van der Waals surface area contributed by atoms with E-state index in [0.29, 0.717) is 49.0 Å². The minimum atomic E-state index is -2.69. The van der Waals surface area contributed by atoms with Crippen LogP contribution in [-0.4, -0.2) is 63.8 Å². The van der Waals surface area contributed by atoms with Gasteiger partial charge in [-0.3, -0.25) is 0 Å². The largest absolute Gasteiger partial charge is 0.444 e. The number of pyridine rings is 1. The summed E-state index contributed by atoms with van der Waals surface area (Å²) in [5, 5.41) is 4.12. The van der Waals surface area contributed by atoms with Crippen LogP contribution in [0.1, 0.15) is 51.8 Å². The number of piperidine rings is 1. The topological polar surface area (TPSA) is 84.6 Å². The van der Waals surface area contributed by atoms with Crippen LogP contribution in [0.4, 0.5) is 19.4 Å². The lowest BCUT2D eigenvalue weighted by atomic mass is 9.96. The van der Waals surface area contributed by atoms with Crippen molar-refractivity contribution in [3.8, 4) is 11.5 Å². The van der Waals surface area contributed by atoms with Crippen LogP contribution in [0.5, 0.6) is 0 Å². The first-order valence-electron chi connectivity index (χ1n) is 10.5. The Kier molecular flexibility index (Phi) is 5.57. The molecule has 0 N–H and O–H groups in total. The molecule has 2 fully saturated rings. The fraction of sp³-hybridized carbons (Fsp3) is 0.619. The van der Waals surface area contributed by atoms with Crippen LogP contribution in [-0.2, 0) is 4.74 Å². The first-order chi connectivity index (χ1) is 14.6. The standard InChI is InChI=1S/C21H27F2N5O3/c1-20(2,3)30-19(29)27-9-5-14(6-10-27)17-25-18(31-26-17)15-4-8-24-16(12-15)28-11-7-21(22,23)13-28/h4,8,12,14H,5-7,9-11,13H2,1-3H3. The molecule has 10 heteroatoms. The van der Waals surface area contributed by atoms with E-state index in [1.165, 1.54) is 0 Å². The third kappa shape index (κ3) is 5.11. The van der Waals surface area contributed by atoms with Gasteiger partial charge in [-0.05, 0) is 45.7 Å². The predicted octanol–water partition coefficient (Wildman–Crippen LogP) is 4.09. The van der Waals surface area contributed by atoms with Gasteiger partial charge >= 0.3 is 6.09 Å². The molecule has 8 nitrogen and oxygen atoms in total. The second kappa shape index (κ2) is 8.05. The molecule has 4 rings (SSSR count). The molecule has 2 saturated heterocycles. The van der Waals surface area contributed by atoms with Gasteiger partial charge in [-0.15, -0.1) is 0 Å². The van der Waals surface area contributed by atoms with Crippen molar-refractivity contribution >= 4 is 11.9 Å². The number of likely N-dealkylation sites (tertiary alicyclic amines) is 1. The molecule has 168 valence electrons. The van der Waals surface area contributed by atoms with Crippen molar-refractivity contribution in [2.75, 3.05) is 31.1 Å². The van der Waals surface area contributed by atoms with Crippen LogP contribution in [0.3, 0.4) is 0 Å². The summed E-state index contributed by atoms with van der Waals surface area (Å²) in [6.45, 7) is 6.58. The maximum Gasteiger partial charge on any atom is 0.410 e. The third-order valence-corrected chi connectivity index (χ3v) is 5.44. The highest BCUT2D eigenvalue weighted by Crippen LogP contribution is 2.32. The zero-order valence-electron chi connectivity index (χ0n) is 18.0. The van der Waals surface area contributed by atoms with Crippen LogP contribution in [0.2, 0.25) is 0 Å². The van der Waals surface area contributed by atoms with E-state index in [1.807, 2.05) is 20.8 Å². The maximum atomic E-state index is 13.5. The molecule has 0 aromatic carbocycles. The van der Waals surface area contributed by atoms with Gasteiger partial charge in [-0.25, -0.2) is 18.6 Å². The monoisotopic (exact) mass is 435 g/mol. The molecule has 1 amide bonds. The van der Waals surface area contributed by atoms with Gasteiger partial charge in [-0.1, -0.05) is 5.16 Å². The summed E-state index contributed by atoms with van der Waals surface area (Å²) in [5.41, 5.74) is 0.121. The molecular weight excluding hydrogens is 408 g/mol. The second-order valence-electron chi connectivity index (χ2n) is 9.13. The van der Waals surface area contributed by atoms with Crippen LogP contribution in [0.15, 0.2) is 22.9 Å². The molecule has 0 radical (unpaired) electrons. The number of alkyl halides is 2. The van der Waals surface area contributed by atoms with Gasteiger partial charge in [0.1, 0.15) is 11.4 Å². The summed E-state index contributed by atoms with van der Waals surface area (Å²) < 4.78 is 37.9. The molecule has 2 aromatic heterocycles. The van der Waals surface area contributed by atoms with E-state index in [4.69, 9.17) is 9.26 Å². The van der Waals surface area contributed by atoms with Crippen molar-refractivity contribution in [2.45, 2.75) is 57.5 Å². The smallest absolute Gasteiger partial charge is 0.410 e. The summed E-state index contributed by atoms with van der Waals surface area (Å²) in [7, 11) is 0. The number of carbonyl (C=O) groups is 1. The Bertz CT molecular complexity index is 935. The molecule has 0 unspecified atom stereocenters. The highest BCUT2D eigenvalue weighted by molar-refractivity contribution is 5.68. The number of hydrogen-bond acceptors (Lipinski definition) is 7. The van der Waals surface area contributed by atoms with Crippen molar-refractivity contribution in [2.24, 2.45) is 0 Å². The molecule has 2 aromatic rings. The number of rotatable bonds is 3. The maximum absolute atomic E-state index is 13.5. The molecule has 0 spiro atoms. The average Bonchev–Trinajstić information content (AvgIpc) is 3.34. The van der Waals surface area contributed by atoms with Crippen LogP contribution in [0, 0.1) is 0 Å². The quantitative estimate of drug-likeness (QED) is 0.718. The van der Waals surface area contributed by atoms with Gasteiger partial charge in [0.05, 0.1) is 6.54 Å². The Morgan fingerprint density at radius 1 is 1.26 bits per heavy atom. The summed E-state index contributed by atoms with van der Waals surface area (Å²) in [6.07, 6.45) is 2.50. The van der Waals surface area contributed by atoms with Crippen LogP contribution < -0.4 is 4.90 Å². The SMILES string of the molecule is CC(C)(C)OC(=O)N1CCC(c2noc(-c3ccnc(N4CCC(F)(F)C4)c3)n2)CC1. The highest BCUT2D eigenvalue weighted by Gasteiger charge is 2.39. The van der Waals surface area contributed by atoms with Crippen molar-refractivity contribution in [3.63, 3.8) is 0 Å². The van der Waals surface area contributed by atoms with E-state index in [9.17, 15) is 13.6 Å². The highest BCUT2D eigenvalue weighted by atomic mass is 19.3. The third-order valence-electron chi connectivity index (χ3n) is 5.44. The molecule has 0 bridgehead atoms. The first kappa shape index (κ1) is 21.5. The number of carbonyl (C=O) groups excluding carboxylic acids is 1. The van der Waals surface area contributed by atoms with Gasteiger partial charge in [-0.2, -0.15) is 4.98 Å². The van der Waals surface area contributed by atoms with Gasteiger partial charge in [0, 0.05) is 43.7 Å². The van der Waals surface area contributed by atoms with E-state index < -0.39 is 11.5 Å². The molecule has 4 heterocycles. The Labute approximate surface area is 179 Å². The zero-order chi connectivity index (χ0) is 22.2. The lowest BCUT2D eigenvalue weighted by Gasteiger charge is -2.32.